The summed E-state index contributed by atoms with van der Waals surface area (Å²) in [6.07, 6.45) is 6.46. The Bertz CT molecular complexity index is 825. The number of anilines is 1. The van der Waals surface area contributed by atoms with E-state index in [0.29, 0.717) is 42.2 Å². The van der Waals surface area contributed by atoms with Crippen LogP contribution in [-0.2, 0) is 11.3 Å². The van der Waals surface area contributed by atoms with Gasteiger partial charge in [-0.1, -0.05) is 12.1 Å². The summed E-state index contributed by atoms with van der Waals surface area (Å²) < 4.78 is 5.24. The van der Waals surface area contributed by atoms with Crippen LogP contribution in [0.2, 0.25) is 0 Å². The van der Waals surface area contributed by atoms with Crippen LogP contribution in [0.5, 0.6) is 0 Å². The Morgan fingerprint density at radius 3 is 2.61 bits per heavy atom. The summed E-state index contributed by atoms with van der Waals surface area (Å²) in [5, 5.41) is 5.78. The molecule has 1 aromatic carbocycles. The van der Waals surface area contributed by atoms with Crippen molar-refractivity contribution < 1.29 is 14.0 Å². The summed E-state index contributed by atoms with van der Waals surface area (Å²) >= 11 is 0. The first kappa shape index (κ1) is 18.7. The van der Waals surface area contributed by atoms with Gasteiger partial charge >= 0.3 is 0 Å². The molecule has 0 bridgehead atoms. The van der Waals surface area contributed by atoms with Gasteiger partial charge in [0.05, 0.1) is 30.6 Å². The molecular formula is C22H27N3O3. The Morgan fingerprint density at radius 2 is 1.93 bits per heavy atom. The van der Waals surface area contributed by atoms with Gasteiger partial charge in [0.2, 0.25) is 5.91 Å². The van der Waals surface area contributed by atoms with Crippen LogP contribution >= 0.6 is 0 Å². The molecule has 1 aromatic heterocycles. The minimum absolute atomic E-state index is 0.0642. The Labute approximate surface area is 165 Å². The molecule has 2 aliphatic rings. The summed E-state index contributed by atoms with van der Waals surface area (Å²) in [7, 11) is 0. The Morgan fingerprint density at radius 1 is 1.14 bits per heavy atom. The van der Waals surface area contributed by atoms with Crippen LogP contribution in [0.1, 0.15) is 48.7 Å². The normalized spacial score (nSPS) is 17.4. The number of amides is 2. The summed E-state index contributed by atoms with van der Waals surface area (Å²) in [6, 6.07) is 11.7. The first-order chi connectivity index (χ1) is 13.6. The first-order valence-corrected chi connectivity index (χ1v) is 10.1. The molecule has 6 heteroatoms. The van der Waals surface area contributed by atoms with E-state index in [4.69, 9.17) is 4.42 Å². The quantitative estimate of drug-likeness (QED) is 0.698. The maximum atomic E-state index is 12.7. The van der Waals surface area contributed by atoms with E-state index in [1.165, 1.54) is 25.7 Å². The molecule has 0 spiro atoms. The monoisotopic (exact) mass is 381 g/mol. The number of furan rings is 1. The van der Waals surface area contributed by atoms with Crippen molar-refractivity contribution in [1.29, 1.82) is 0 Å². The van der Waals surface area contributed by atoms with Crippen LogP contribution < -0.4 is 10.6 Å². The molecule has 0 aliphatic heterocycles. The van der Waals surface area contributed by atoms with E-state index < -0.39 is 0 Å². The third-order valence-electron chi connectivity index (χ3n) is 5.62. The molecule has 148 valence electrons. The fraction of sp³-hybridized carbons (Fsp3) is 0.455. The molecule has 0 saturated heterocycles. The van der Waals surface area contributed by atoms with E-state index in [0.717, 1.165) is 5.92 Å². The number of nitrogens with one attached hydrogen (secondary N) is 2. The molecule has 2 aliphatic carbocycles. The van der Waals surface area contributed by atoms with Gasteiger partial charge in [0, 0.05) is 12.1 Å². The number of hydrogen-bond donors (Lipinski definition) is 2. The predicted molar refractivity (Wildman–Crippen MR) is 107 cm³/mol. The zero-order chi connectivity index (χ0) is 19.5. The molecule has 0 radical (unpaired) electrons. The van der Waals surface area contributed by atoms with Crippen molar-refractivity contribution in [3.05, 3.63) is 54.0 Å². The number of nitrogens with zero attached hydrogens (tertiary/aromatic N) is 1. The van der Waals surface area contributed by atoms with Crippen molar-refractivity contribution in [1.82, 2.24) is 10.2 Å². The molecule has 28 heavy (non-hydrogen) atoms. The number of hydrogen-bond acceptors (Lipinski definition) is 4. The average molecular weight is 381 g/mol. The maximum absolute atomic E-state index is 12.7. The van der Waals surface area contributed by atoms with Crippen LogP contribution in [0.15, 0.2) is 47.1 Å². The van der Waals surface area contributed by atoms with Crippen LogP contribution in [0, 0.1) is 5.92 Å². The van der Waals surface area contributed by atoms with Crippen LogP contribution in [0.4, 0.5) is 5.69 Å². The molecule has 2 saturated carbocycles. The Kier molecular flexibility index (Phi) is 5.48. The standard InChI is InChI=1S/C22H27N3O3/c1-15(16-8-9-16)25(17-10-11-17)14-21(26)24-20-7-3-2-6-19(20)22(27)23-13-18-5-4-12-28-18/h2-7,12,15-17H,8-11,13-14H2,1H3,(H,23,27)(H,24,26). The van der Waals surface area contributed by atoms with E-state index >= 15 is 0 Å². The third kappa shape index (κ3) is 4.62. The van der Waals surface area contributed by atoms with Crippen molar-refractivity contribution in [2.75, 3.05) is 11.9 Å². The largest absolute Gasteiger partial charge is 0.467 e. The lowest BCUT2D eigenvalue weighted by molar-refractivity contribution is -0.118. The van der Waals surface area contributed by atoms with Gasteiger partial charge in [0.15, 0.2) is 0 Å². The lowest BCUT2D eigenvalue weighted by Crippen LogP contribution is -2.42. The molecule has 1 heterocycles. The minimum Gasteiger partial charge on any atom is -0.467 e. The fourth-order valence-electron chi connectivity index (χ4n) is 3.68. The average Bonchev–Trinajstić information content (AvgIpc) is 3.63. The third-order valence-corrected chi connectivity index (χ3v) is 5.62. The molecule has 2 amide bonds. The smallest absolute Gasteiger partial charge is 0.253 e. The highest BCUT2D eigenvalue weighted by atomic mass is 16.3. The van der Waals surface area contributed by atoms with Gasteiger partial charge in [0.25, 0.3) is 5.91 Å². The lowest BCUT2D eigenvalue weighted by atomic mass is 10.1. The second-order valence-corrected chi connectivity index (χ2v) is 7.84. The zero-order valence-corrected chi connectivity index (χ0v) is 16.2. The summed E-state index contributed by atoms with van der Waals surface area (Å²) in [5.74, 6) is 1.11. The molecule has 6 nitrogen and oxygen atoms in total. The van der Waals surface area contributed by atoms with Gasteiger partial charge in [-0.15, -0.1) is 0 Å². The topological polar surface area (TPSA) is 74.6 Å². The van der Waals surface area contributed by atoms with Gasteiger partial charge in [-0.3, -0.25) is 14.5 Å². The van der Waals surface area contributed by atoms with Crippen molar-refractivity contribution in [2.45, 2.75) is 51.2 Å². The first-order valence-electron chi connectivity index (χ1n) is 10.1. The number of para-hydroxylation sites is 1. The Balaban J connectivity index is 1.38. The highest BCUT2D eigenvalue weighted by molar-refractivity contribution is 6.04. The Hall–Kier alpha value is -2.60. The molecule has 2 aromatic rings. The SMILES string of the molecule is CC(C1CC1)N(CC(=O)Nc1ccccc1C(=O)NCc1ccco1)C1CC1. The van der Waals surface area contributed by atoms with E-state index in [9.17, 15) is 9.59 Å². The van der Waals surface area contributed by atoms with E-state index in [1.54, 1.807) is 30.5 Å². The molecule has 1 atom stereocenters. The van der Waals surface area contributed by atoms with Gasteiger partial charge in [-0.05, 0) is 62.8 Å². The van der Waals surface area contributed by atoms with Crippen molar-refractivity contribution >= 4 is 17.5 Å². The number of carbonyl (C=O) groups excluding carboxylic acids is 2. The fourth-order valence-corrected chi connectivity index (χ4v) is 3.68. The number of rotatable bonds is 9. The van der Waals surface area contributed by atoms with Gasteiger partial charge < -0.3 is 15.1 Å². The van der Waals surface area contributed by atoms with Crippen LogP contribution in [0.25, 0.3) is 0 Å². The van der Waals surface area contributed by atoms with Crippen molar-refractivity contribution in [3.63, 3.8) is 0 Å². The van der Waals surface area contributed by atoms with Gasteiger partial charge in [0.1, 0.15) is 5.76 Å². The van der Waals surface area contributed by atoms with Crippen LogP contribution in [-0.4, -0.2) is 35.3 Å². The lowest BCUT2D eigenvalue weighted by Gasteiger charge is -2.28. The van der Waals surface area contributed by atoms with Crippen LogP contribution in [0.3, 0.4) is 0 Å². The predicted octanol–water partition coefficient (Wildman–Crippen LogP) is 3.41. The zero-order valence-electron chi connectivity index (χ0n) is 16.2. The molecule has 2 fully saturated rings. The summed E-state index contributed by atoms with van der Waals surface area (Å²) in [6.45, 7) is 2.92. The second-order valence-electron chi connectivity index (χ2n) is 7.84. The number of carbonyl (C=O) groups is 2. The minimum atomic E-state index is -0.238. The van der Waals surface area contributed by atoms with Gasteiger partial charge in [-0.2, -0.15) is 0 Å². The summed E-state index contributed by atoms with van der Waals surface area (Å²) in [4.78, 5) is 27.6. The maximum Gasteiger partial charge on any atom is 0.253 e. The van der Waals surface area contributed by atoms with Crippen molar-refractivity contribution in [2.24, 2.45) is 5.92 Å². The highest BCUT2D eigenvalue weighted by Crippen LogP contribution is 2.39. The van der Waals surface area contributed by atoms with Crippen molar-refractivity contribution in [3.8, 4) is 0 Å². The van der Waals surface area contributed by atoms with E-state index in [1.807, 2.05) is 12.1 Å². The second kappa shape index (κ2) is 8.19. The highest BCUT2D eigenvalue weighted by Gasteiger charge is 2.39. The number of benzene rings is 1. The molecule has 1 unspecified atom stereocenters. The molecule has 4 rings (SSSR count). The van der Waals surface area contributed by atoms with E-state index in [2.05, 4.69) is 22.5 Å². The van der Waals surface area contributed by atoms with Gasteiger partial charge in [-0.25, -0.2) is 0 Å². The molecular weight excluding hydrogens is 354 g/mol. The summed E-state index contributed by atoms with van der Waals surface area (Å²) in [5.41, 5.74) is 0.995. The van der Waals surface area contributed by atoms with E-state index in [-0.39, 0.29) is 11.8 Å². The molecule has 2 N–H and O–H groups in total.